The van der Waals surface area contributed by atoms with Crippen molar-refractivity contribution in [1.82, 2.24) is 15.6 Å². The lowest BCUT2D eigenvalue weighted by Crippen LogP contribution is -2.38. The fraction of sp³-hybridized carbons (Fsp3) is 0.286. The number of rotatable bonds is 8. The number of aromatic amines is 1. The highest BCUT2D eigenvalue weighted by molar-refractivity contribution is 14.0. The van der Waals surface area contributed by atoms with Crippen molar-refractivity contribution in [3.63, 3.8) is 0 Å². The molecule has 3 rings (SSSR count). The van der Waals surface area contributed by atoms with Gasteiger partial charge in [0.05, 0.1) is 11.5 Å². The van der Waals surface area contributed by atoms with Gasteiger partial charge in [-0.25, -0.2) is 4.99 Å². The maximum atomic E-state index is 10.7. The standard InChI is InChI=1S/C21H25N5O2.HI/c1-2-12-22-21(25-14-16-7-9-18(10-8-16)26(27)28)23-13-11-17-15-24-20-6-4-3-5-19(17)20;/h3-10,15,24H,2,11-14H2,1H3,(H2,22,23,25);1H. The number of halogens is 1. The maximum absolute atomic E-state index is 10.7. The zero-order valence-electron chi connectivity index (χ0n) is 16.4. The zero-order valence-corrected chi connectivity index (χ0v) is 18.7. The third-order valence-electron chi connectivity index (χ3n) is 4.47. The molecule has 8 heteroatoms. The van der Waals surface area contributed by atoms with Crippen LogP contribution in [0.5, 0.6) is 0 Å². The van der Waals surface area contributed by atoms with Crippen LogP contribution in [-0.4, -0.2) is 29.0 Å². The molecule has 0 unspecified atom stereocenters. The maximum Gasteiger partial charge on any atom is 0.269 e. The smallest absolute Gasteiger partial charge is 0.269 e. The number of aromatic nitrogens is 1. The number of hydrogen-bond donors (Lipinski definition) is 3. The Kier molecular flexibility index (Phi) is 8.91. The van der Waals surface area contributed by atoms with E-state index in [0.717, 1.165) is 43.0 Å². The van der Waals surface area contributed by atoms with Crippen molar-refractivity contribution < 1.29 is 4.92 Å². The third-order valence-corrected chi connectivity index (χ3v) is 4.47. The Morgan fingerprint density at radius 1 is 1.10 bits per heavy atom. The van der Waals surface area contributed by atoms with E-state index in [1.54, 1.807) is 12.1 Å². The van der Waals surface area contributed by atoms with Gasteiger partial charge in [0, 0.05) is 42.3 Å². The van der Waals surface area contributed by atoms with Crippen molar-refractivity contribution in [2.45, 2.75) is 26.3 Å². The van der Waals surface area contributed by atoms with Crippen LogP contribution >= 0.6 is 24.0 Å². The van der Waals surface area contributed by atoms with Crippen LogP contribution in [0, 0.1) is 10.1 Å². The van der Waals surface area contributed by atoms with Crippen LogP contribution < -0.4 is 10.6 Å². The minimum atomic E-state index is -0.395. The summed E-state index contributed by atoms with van der Waals surface area (Å²) in [7, 11) is 0. The molecule has 0 aliphatic heterocycles. The number of para-hydroxylation sites is 1. The summed E-state index contributed by atoms with van der Waals surface area (Å²) in [5, 5.41) is 18.7. The SMILES string of the molecule is CCCNC(=NCc1ccc([N+](=O)[O-])cc1)NCCc1c[nH]c2ccccc12.I. The topological polar surface area (TPSA) is 95.3 Å². The largest absolute Gasteiger partial charge is 0.361 e. The van der Waals surface area contributed by atoms with Gasteiger partial charge >= 0.3 is 0 Å². The molecule has 0 bridgehead atoms. The monoisotopic (exact) mass is 507 g/mol. The summed E-state index contributed by atoms with van der Waals surface area (Å²) in [5.41, 5.74) is 3.44. The number of non-ortho nitro benzene ring substituents is 1. The predicted octanol–water partition coefficient (Wildman–Crippen LogP) is 4.38. The van der Waals surface area contributed by atoms with Crippen molar-refractivity contribution >= 4 is 46.5 Å². The van der Waals surface area contributed by atoms with E-state index in [1.807, 2.05) is 12.1 Å². The first kappa shape index (κ1) is 22.7. The predicted molar refractivity (Wildman–Crippen MR) is 128 cm³/mol. The van der Waals surface area contributed by atoms with Crippen molar-refractivity contribution in [1.29, 1.82) is 0 Å². The molecule has 0 aliphatic rings. The molecule has 0 spiro atoms. The van der Waals surface area contributed by atoms with Crippen LogP contribution in [0.4, 0.5) is 5.69 Å². The van der Waals surface area contributed by atoms with Crippen LogP contribution in [0.15, 0.2) is 59.7 Å². The summed E-state index contributed by atoms with van der Waals surface area (Å²) in [4.78, 5) is 18.3. The lowest BCUT2D eigenvalue weighted by molar-refractivity contribution is -0.384. The van der Waals surface area contributed by atoms with Gasteiger partial charge in [0.2, 0.25) is 0 Å². The number of benzene rings is 2. The molecule has 1 aromatic heterocycles. The van der Waals surface area contributed by atoms with E-state index in [-0.39, 0.29) is 29.7 Å². The summed E-state index contributed by atoms with van der Waals surface area (Å²) >= 11 is 0. The van der Waals surface area contributed by atoms with E-state index in [9.17, 15) is 10.1 Å². The van der Waals surface area contributed by atoms with Crippen molar-refractivity contribution in [3.05, 3.63) is 76.0 Å². The highest BCUT2D eigenvalue weighted by Gasteiger charge is 2.05. The van der Waals surface area contributed by atoms with Crippen LogP contribution in [0.1, 0.15) is 24.5 Å². The van der Waals surface area contributed by atoms with Gasteiger partial charge in [-0.1, -0.05) is 37.3 Å². The van der Waals surface area contributed by atoms with Gasteiger partial charge in [-0.2, -0.15) is 0 Å². The van der Waals surface area contributed by atoms with Crippen molar-refractivity contribution in [2.24, 2.45) is 4.99 Å². The van der Waals surface area contributed by atoms with Gasteiger partial charge in [0.1, 0.15) is 0 Å². The molecule has 2 aromatic carbocycles. The Morgan fingerprint density at radius 2 is 1.83 bits per heavy atom. The van der Waals surface area contributed by atoms with Crippen molar-refractivity contribution in [3.8, 4) is 0 Å². The molecule has 0 saturated heterocycles. The Morgan fingerprint density at radius 3 is 2.55 bits per heavy atom. The Balaban J connectivity index is 0.00000300. The second kappa shape index (κ2) is 11.4. The Labute approximate surface area is 187 Å². The molecule has 0 atom stereocenters. The normalized spacial score (nSPS) is 11.1. The fourth-order valence-corrected chi connectivity index (χ4v) is 2.97. The zero-order chi connectivity index (χ0) is 19.8. The summed E-state index contributed by atoms with van der Waals surface area (Å²) in [6, 6.07) is 14.8. The van der Waals surface area contributed by atoms with E-state index in [1.165, 1.54) is 23.1 Å². The fourth-order valence-electron chi connectivity index (χ4n) is 2.97. The number of guanidine groups is 1. The molecule has 0 radical (unpaired) electrons. The summed E-state index contributed by atoms with van der Waals surface area (Å²) < 4.78 is 0. The van der Waals surface area contributed by atoms with Gasteiger partial charge in [-0.05, 0) is 30.0 Å². The number of nitrogens with one attached hydrogen (secondary N) is 3. The first-order valence-electron chi connectivity index (χ1n) is 9.48. The summed E-state index contributed by atoms with van der Waals surface area (Å²) in [6.45, 7) is 4.16. The van der Waals surface area contributed by atoms with Gasteiger partial charge in [-0.15, -0.1) is 24.0 Å². The molecular weight excluding hydrogens is 481 g/mol. The van der Waals surface area contributed by atoms with E-state index in [0.29, 0.717) is 6.54 Å². The van der Waals surface area contributed by atoms with Crippen LogP contribution in [0.25, 0.3) is 10.9 Å². The van der Waals surface area contributed by atoms with E-state index in [4.69, 9.17) is 0 Å². The summed E-state index contributed by atoms with van der Waals surface area (Å²) in [5.74, 6) is 0.750. The molecule has 0 amide bonds. The molecule has 7 nitrogen and oxygen atoms in total. The minimum Gasteiger partial charge on any atom is -0.361 e. The number of aliphatic imine (C=N–C) groups is 1. The quantitative estimate of drug-likeness (QED) is 0.139. The average Bonchev–Trinajstić information content (AvgIpc) is 3.13. The minimum absolute atomic E-state index is 0. The summed E-state index contributed by atoms with van der Waals surface area (Å²) in [6.07, 6.45) is 3.94. The molecular formula is C21H26IN5O2. The van der Waals surface area contributed by atoms with Gasteiger partial charge < -0.3 is 15.6 Å². The van der Waals surface area contributed by atoms with E-state index >= 15 is 0 Å². The average molecular weight is 507 g/mol. The lowest BCUT2D eigenvalue weighted by Gasteiger charge is -2.12. The molecule has 3 N–H and O–H groups in total. The van der Waals surface area contributed by atoms with Crippen LogP contribution in [0.3, 0.4) is 0 Å². The first-order chi connectivity index (χ1) is 13.7. The van der Waals surface area contributed by atoms with Crippen molar-refractivity contribution in [2.75, 3.05) is 13.1 Å². The third kappa shape index (κ3) is 6.45. The number of H-pyrrole nitrogens is 1. The molecule has 29 heavy (non-hydrogen) atoms. The molecule has 0 fully saturated rings. The molecule has 3 aromatic rings. The highest BCUT2D eigenvalue weighted by atomic mass is 127. The molecule has 154 valence electrons. The van der Waals surface area contributed by atoms with Gasteiger partial charge in [0.15, 0.2) is 5.96 Å². The molecule has 0 saturated carbocycles. The first-order valence-corrected chi connectivity index (χ1v) is 9.48. The second-order valence-electron chi connectivity index (χ2n) is 6.55. The van der Waals surface area contributed by atoms with E-state index in [2.05, 4.69) is 45.9 Å². The molecule has 1 heterocycles. The number of nitro benzene ring substituents is 1. The van der Waals surface area contributed by atoms with Gasteiger partial charge in [-0.3, -0.25) is 10.1 Å². The van der Waals surface area contributed by atoms with Crippen LogP contribution in [0.2, 0.25) is 0 Å². The van der Waals surface area contributed by atoms with Crippen LogP contribution in [-0.2, 0) is 13.0 Å². The van der Waals surface area contributed by atoms with Gasteiger partial charge in [0.25, 0.3) is 5.69 Å². The Bertz CT molecular complexity index is 953. The number of nitro groups is 1. The second-order valence-corrected chi connectivity index (χ2v) is 6.55. The number of hydrogen-bond acceptors (Lipinski definition) is 3. The lowest BCUT2D eigenvalue weighted by atomic mass is 10.1. The number of nitrogens with zero attached hydrogens (tertiary/aromatic N) is 2. The highest BCUT2D eigenvalue weighted by Crippen LogP contribution is 2.17. The van der Waals surface area contributed by atoms with E-state index < -0.39 is 4.92 Å². The Hall–Kier alpha value is -2.62. The number of fused-ring (bicyclic) bond motifs is 1. The molecule has 0 aliphatic carbocycles.